The predicted molar refractivity (Wildman–Crippen MR) is 128 cm³/mol. The van der Waals surface area contributed by atoms with Gasteiger partial charge in [-0.3, -0.25) is 9.10 Å². The average Bonchev–Trinajstić information content (AvgIpc) is 2.77. The molecule has 168 valence electrons. The van der Waals surface area contributed by atoms with E-state index in [9.17, 15) is 13.2 Å². The average molecular weight is 493 g/mol. The molecule has 1 unspecified atom stereocenters. The highest BCUT2D eigenvalue weighted by Gasteiger charge is 2.23. The van der Waals surface area contributed by atoms with E-state index in [-0.39, 0.29) is 11.4 Å². The molecule has 0 fully saturated rings. The van der Waals surface area contributed by atoms with Gasteiger partial charge < -0.3 is 10.1 Å². The molecular weight excluding hydrogens is 471 g/mol. The van der Waals surface area contributed by atoms with E-state index in [2.05, 4.69) is 5.32 Å². The molecule has 1 atom stereocenters. The topological polar surface area (TPSA) is 75.7 Å². The van der Waals surface area contributed by atoms with Gasteiger partial charge in [0.25, 0.3) is 15.9 Å². The Kier molecular flexibility index (Phi) is 7.66. The number of para-hydroxylation sites is 1. The second-order valence-electron chi connectivity index (χ2n) is 6.85. The van der Waals surface area contributed by atoms with Gasteiger partial charge in [0.1, 0.15) is 5.75 Å². The Morgan fingerprint density at radius 1 is 1.03 bits per heavy atom. The molecule has 3 aromatic rings. The third-order valence-corrected chi connectivity index (χ3v) is 7.06. The molecule has 3 aromatic carbocycles. The van der Waals surface area contributed by atoms with Gasteiger partial charge in [0.05, 0.1) is 15.6 Å². The molecule has 1 amide bonds. The van der Waals surface area contributed by atoms with Crippen LogP contribution in [0.5, 0.6) is 5.75 Å². The summed E-state index contributed by atoms with van der Waals surface area (Å²) in [5, 5.41) is 3.46. The van der Waals surface area contributed by atoms with E-state index in [0.29, 0.717) is 27.2 Å². The van der Waals surface area contributed by atoms with E-state index >= 15 is 0 Å². The molecular formula is C23H22Cl2N2O4S. The standard InChI is InChI=1S/C23H22Cl2N2O4S/c1-3-27(19-7-5-4-6-8-19)32(29,30)20-12-10-18(11-13-20)26-23(28)16(2)31-22-14-9-17(24)15-21(22)25/h4-16H,3H2,1-2H3,(H,26,28). The molecule has 0 saturated carbocycles. The summed E-state index contributed by atoms with van der Waals surface area (Å²) in [4.78, 5) is 12.6. The summed E-state index contributed by atoms with van der Waals surface area (Å²) in [6.45, 7) is 3.64. The van der Waals surface area contributed by atoms with Crippen LogP contribution in [0.15, 0.2) is 77.7 Å². The van der Waals surface area contributed by atoms with Gasteiger partial charge in [-0.05, 0) is 68.4 Å². The van der Waals surface area contributed by atoms with Crippen LogP contribution >= 0.6 is 23.2 Å². The van der Waals surface area contributed by atoms with Crippen molar-refractivity contribution in [2.75, 3.05) is 16.2 Å². The normalized spacial score (nSPS) is 12.1. The summed E-state index contributed by atoms with van der Waals surface area (Å²) in [6.07, 6.45) is -0.842. The van der Waals surface area contributed by atoms with Gasteiger partial charge in [0, 0.05) is 17.3 Å². The Hall–Kier alpha value is -2.74. The molecule has 0 spiro atoms. The first-order valence-corrected chi connectivity index (χ1v) is 12.0. The van der Waals surface area contributed by atoms with Gasteiger partial charge in [0.2, 0.25) is 0 Å². The van der Waals surface area contributed by atoms with Crippen molar-refractivity contribution in [3.05, 3.63) is 82.8 Å². The number of ether oxygens (including phenoxy) is 1. The largest absolute Gasteiger partial charge is 0.479 e. The van der Waals surface area contributed by atoms with Crippen molar-refractivity contribution < 1.29 is 17.9 Å². The minimum atomic E-state index is -3.74. The number of carbonyl (C=O) groups excluding carboxylic acids is 1. The monoisotopic (exact) mass is 492 g/mol. The first-order chi connectivity index (χ1) is 15.2. The number of halogens is 2. The number of anilines is 2. The maximum absolute atomic E-state index is 13.1. The van der Waals surface area contributed by atoms with Gasteiger partial charge in [-0.15, -0.1) is 0 Å². The van der Waals surface area contributed by atoms with Crippen molar-refractivity contribution >= 4 is 50.5 Å². The number of sulfonamides is 1. The molecule has 1 N–H and O–H groups in total. The van der Waals surface area contributed by atoms with Gasteiger partial charge in [-0.2, -0.15) is 0 Å². The molecule has 0 aliphatic rings. The fraction of sp³-hybridized carbons (Fsp3) is 0.174. The lowest BCUT2D eigenvalue weighted by Gasteiger charge is -2.23. The quantitative estimate of drug-likeness (QED) is 0.442. The zero-order chi connectivity index (χ0) is 23.3. The van der Waals surface area contributed by atoms with Crippen LogP contribution in [0.4, 0.5) is 11.4 Å². The second-order valence-corrected chi connectivity index (χ2v) is 9.56. The van der Waals surface area contributed by atoms with Crippen molar-refractivity contribution in [2.45, 2.75) is 24.8 Å². The first kappa shape index (κ1) is 23.9. The number of benzene rings is 3. The fourth-order valence-corrected chi connectivity index (χ4v) is 4.91. The molecule has 0 aromatic heterocycles. The van der Waals surface area contributed by atoms with Gasteiger partial charge in [0.15, 0.2) is 6.10 Å². The Labute approximate surface area is 197 Å². The lowest BCUT2D eigenvalue weighted by Crippen LogP contribution is -2.31. The highest BCUT2D eigenvalue weighted by molar-refractivity contribution is 7.92. The second kappa shape index (κ2) is 10.3. The van der Waals surface area contributed by atoms with E-state index < -0.39 is 22.0 Å². The van der Waals surface area contributed by atoms with Crippen LogP contribution in [0.3, 0.4) is 0 Å². The third-order valence-electron chi connectivity index (χ3n) is 4.61. The molecule has 0 aliphatic heterocycles. The number of carbonyl (C=O) groups is 1. The summed E-state index contributed by atoms with van der Waals surface area (Å²) >= 11 is 11.9. The van der Waals surface area contributed by atoms with Crippen LogP contribution in [0.25, 0.3) is 0 Å². The van der Waals surface area contributed by atoms with E-state index in [1.165, 1.54) is 34.6 Å². The van der Waals surface area contributed by atoms with Crippen molar-refractivity contribution in [3.63, 3.8) is 0 Å². The smallest absolute Gasteiger partial charge is 0.265 e. The highest BCUT2D eigenvalue weighted by Crippen LogP contribution is 2.29. The summed E-state index contributed by atoms with van der Waals surface area (Å²) in [6, 6.07) is 19.6. The van der Waals surface area contributed by atoms with E-state index in [1.807, 2.05) is 6.07 Å². The molecule has 0 saturated heterocycles. The van der Waals surface area contributed by atoms with Gasteiger partial charge in [-0.25, -0.2) is 8.42 Å². The number of amides is 1. The lowest BCUT2D eigenvalue weighted by atomic mass is 10.3. The Balaban J connectivity index is 1.70. The zero-order valence-corrected chi connectivity index (χ0v) is 19.8. The van der Waals surface area contributed by atoms with E-state index in [4.69, 9.17) is 27.9 Å². The van der Waals surface area contributed by atoms with Crippen molar-refractivity contribution in [1.82, 2.24) is 0 Å². The Bertz CT molecular complexity index is 1190. The van der Waals surface area contributed by atoms with Crippen LogP contribution in [-0.4, -0.2) is 27.0 Å². The third kappa shape index (κ3) is 5.54. The molecule has 32 heavy (non-hydrogen) atoms. The summed E-state index contributed by atoms with van der Waals surface area (Å²) in [5.74, 6) is -0.0770. The SMILES string of the molecule is CCN(c1ccccc1)S(=O)(=O)c1ccc(NC(=O)C(C)Oc2ccc(Cl)cc2Cl)cc1. The fourth-order valence-electron chi connectivity index (χ4n) is 2.98. The van der Waals surface area contributed by atoms with Gasteiger partial charge >= 0.3 is 0 Å². The molecule has 9 heteroatoms. The maximum Gasteiger partial charge on any atom is 0.265 e. The van der Waals surface area contributed by atoms with Gasteiger partial charge in [-0.1, -0.05) is 41.4 Å². The predicted octanol–water partition coefficient (Wildman–Crippen LogP) is 5.61. The minimum Gasteiger partial charge on any atom is -0.479 e. The Morgan fingerprint density at radius 3 is 2.28 bits per heavy atom. The van der Waals surface area contributed by atoms with Crippen molar-refractivity contribution in [1.29, 1.82) is 0 Å². The van der Waals surface area contributed by atoms with Crippen LogP contribution in [0.1, 0.15) is 13.8 Å². The van der Waals surface area contributed by atoms with E-state index in [1.54, 1.807) is 50.2 Å². The summed E-state index contributed by atoms with van der Waals surface area (Å²) < 4.78 is 33.1. The van der Waals surface area contributed by atoms with E-state index in [0.717, 1.165) is 0 Å². The minimum absolute atomic E-state index is 0.124. The molecule has 0 aliphatic carbocycles. The first-order valence-electron chi connectivity index (χ1n) is 9.82. The Morgan fingerprint density at radius 2 is 1.69 bits per heavy atom. The van der Waals surface area contributed by atoms with Crippen LogP contribution < -0.4 is 14.4 Å². The zero-order valence-electron chi connectivity index (χ0n) is 17.5. The maximum atomic E-state index is 13.1. The van der Waals surface area contributed by atoms with Crippen molar-refractivity contribution in [3.8, 4) is 5.75 Å². The van der Waals surface area contributed by atoms with Crippen LogP contribution in [-0.2, 0) is 14.8 Å². The number of hydrogen-bond donors (Lipinski definition) is 1. The van der Waals surface area contributed by atoms with Crippen LogP contribution in [0, 0.1) is 0 Å². The summed E-state index contributed by atoms with van der Waals surface area (Å²) in [5.41, 5.74) is 1.02. The summed E-state index contributed by atoms with van der Waals surface area (Å²) in [7, 11) is -3.74. The molecule has 6 nitrogen and oxygen atoms in total. The molecule has 0 bridgehead atoms. The highest BCUT2D eigenvalue weighted by atomic mass is 35.5. The number of hydrogen-bond acceptors (Lipinski definition) is 4. The number of nitrogens with zero attached hydrogens (tertiary/aromatic N) is 1. The molecule has 0 radical (unpaired) electrons. The molecule has 0 heterocycles. The lowest BCUT2D eigenvalue weighted by molar-refractivity contribution is -0.122. The van der Waals surface area contributed by atoms with Crippen molar-refractivity contribution in [2.24, 2.45) is 0 Å². The number of nitrogens with one attached hydrogen (secondary N) is 1. The number of rotatable bonds is 8. The molecule has 3 rings (SSSR count). The van der Waals surface area contributed by atoms with Crippen LogP contribution in [0.2, 0.25) is 10.0 Å².